The Morgan fingerprint density at radius 3 is 1.22 bits per heavy atom. The van der Waals surface area contributed by atoms with Gasteiger partial charge in [-0.25, -0.2) is 0 Å². The van der Waals surface area contributed by atoms with Crippen molar-refractivity contribution < 1.29 is 32.9 Å². The molecule has 0 rings (SSSR count). The van der Waals surface area contributed by atoms with Gasteiger partial charge in [-0.1, -0.05) is 279 Å². The van der Waals surface area contributed by atoms with E-state index in [0.717, 1.165) is 70.6 Å². The van der Waals surface area contributed by atoms with E-state index in [4.69, 9.17) is 9.05 Å². The Morgan fingerprint density at radius 1 is 0.493 bits per heavy atom. The molecule has 9 heteroatoms. The number of aliphatic hydroxyl groups is 1. The minimum absolute atomic E-state index is 0.00123. The molecule has 0 aromatic rings. The molecular formula is C64H119N2O6P. The topological polar surface area (TPSA) is 108 Å². The fraction of sp³-hybridized carbons (Fsp3) is 0.797. The molecule has 0 fully saturated rings. The van der Waals surface area contributed by atoms with Gasteiger partial charge >= 0.3 is 0 Å². The van der Waals surface area contributed by atoms with Crippen molar-refractivity contribution in [2.45, 2.75) is 289 Å². The van der Waals surface area contributed by atoms with E-state index < -0.39 is 20.0 Å². The second-order valence-corrected chi connectivity index (χ2v) is 23.4. The summed E-state index contributed by atoms with van der Waals surface area (Å²) in [5.41, 5.74) is 0. The highest BCUT2D eigenvalue weighted by Crippen LogP contribution is 2.38. The number of phosphoric ester groups is 1. The number of phosphoric acid groups is 1. The molecule has 3 atom stereocenters. The molecule has 3 unspecified atom stereocenters. The lowest BCUT2D eigenvalue weighted by molar-refractivity contribution is -0.870. The predicted molar refractivity (Wildman–Crippen MR) is 316 cm³/mol. The Morgan fingerprint density at radius 2 is 0.836 bits per heavy atom. The molecule has 0 aromatic carbocycles. The molecule has 0 aliphatic carbocycles. The second kappa shape index (κ2) is 54.7. The van der Waals surface area contributed by atoms with Crippen molar-refractivity contribution in [3.05, 3.63) is 72.9 Å². The first-order valence-corrected chi connectivity index (χ1v) is 32.3. The highest BCUT2D eigenvalue weighted by atomic mass is 31.2. The quantitative estimate of drug-likeness (QED) is 0.0272. The largest absolute Gasteiger partial charge is 0.756 e. The number of allylic oxidation sites excluding steroid dienone is 11. The third-order valence-electron chi connectivity index (χ3n) is 13.7. The summed E-state index contributed by atoms with van der Waals surface area (Å²) in [7, 11) is 1.27. The first-order valence-electron chi connectivity index (χ1n) is 30.8. The Labute approximate surface area is 453 Å². The van der Waals surface area contributed by atoms with Gasteiger partial charge in [0.2, 0.25) is 5.91 Å². The molecule has 0 bridgehead atoms. The third kappa shape index (κ3) is 57.5. The van der Waals surface area contributed by atoms with Crippen LogP contribution in [-0.2, 0) is 18.4 Å². The number of nitrogens with one attached hydrogen (secondary N) is 1. The van der Waals surface area contributed by atoms with Gasteiger partial charge in [-0.15, -0.1) is 0 Å². The van der Waals surface area contributed by atoms with Gasteiger partial charge in [0.15, 0.2) is 0 Å². The first kappa shape index (κ1) is 70.9. The van der Waals surface area contributed by atoms with Crippen molar-refractivity contribution in [2.75, 3.05) is 40.9 Å². The van der Waals surface area contributed by atoms with Crippen LogP contribution in [0.15, 0.2) is 72.9 Å². The van der Waals surface area contributed by atoms with Crippen molar-refractivity contribution >= 4 is 13.7 Å². The van der Waals surface area contributed by atoms with Gasteiger partial charge in [-0.2, -0.15) is 0 Å². The van der Waals surface area contributed by atoms with Crippen LogP contribution in [0.25, 0.3) is 0 Å². The summed E-state index contributed by atoms with van der Waals surface area (Å²) in [6, 6.07) is -0.887. The Bertz CT molecular complexity index is 1420. The fourth-order valence-corrected chi connectivity index (χ4v) is 9.61. The highest BCUT2D eigenvalue weighted by Gasteiger charge is 2.23. The number of rotatable bonds is 56. The second-order valence-electron chi connectivity index (χ2n) is 22.0. The Balaban J connectivity index is 4.03. The maximum absolute atomic E-state index is 13.0. The van der Waals surface area contributed by atoms with E-state index in [1.165, 1.54) is 186 Å². The highest BCUT2D eigenvalue weighted by molar-refractivity contribution is 7.45. The zero-order chi connectivity index (χ0) is 53.5. The number of hydrogen-bond acceptors (Lipinski definition) is 6. The van der Waals surface area contributed by atoms with E-state index in [1.54, 1.807) is 6.08 Å². The molecule has 0 spiro atoms. The first-order chi connectivity index (χ1) is 35.5. The van der Waals surface area contributed by atoms with Crippen LogP contribution in [0.2, 0.25) is 0 Å². The molecule has 8 nitrogen and oxygen atoms in total. The van der Waals surface area contributed by atoms with Gasteiger partial charge in [-0.3, -0.25) is 9.36 Å². The lowest BCUT2D eigenvalue weighted by Gasteiger charge is -2.29. The van der Waals surface area contributed by atoms with E-state index in [0.29, 0.717) is 17.4 Å². The number of carbonyl (C=O) groups excluding carboxylic acids is 1. The van der Waals surface area contributed by atoms with Gasteiger partial charge in [0.1, 0.15) is 13.2 Å². The van der Waals surface area contributed by atoms with Crippen LogP contribution in [0.4, 0.5) is 0 Å². The molecule has 0 aliphatic rings. The number of nitrogens with zero attached hydrogens (tertiary/aromatic N) is 1. The van der Waals surface area contributed by atoms with E-state index in [9.17, 15) is 19.4 Å². The van der Waals surface area contributed by atoms with Gasteiger partial charge < -0.3 is 28.8 Å². The number of likely N-dealkylation sites (N-methyl/N-ethyl adjacent to an activating group) is 1. The summed E-state index contributed by atoms with van der Waals surface area (Å²) >= 11 is 0. The minimum atomic E-state index is -4.60. The SMILES string of the molecule is CC/C=C\C/C=C\C/C=C\C/C=C\C/C=C\CCCCCCCCCCCCCCCCCCCCCC(=O)NC(COP(=O)([O-])OCC[N+](C)(C)C)C(O)/C=C/CCCCCCCCCCCCCCCC. The Kier molecular flexibility index (Phi) is 53.2. The summed E-state index contributed by atoms with van der Waals surface area (Å²) in [6.07, 6.45) is 75.6. The van der Waals surface area contributed by atoms with E-state index >= 15 is 0 Å². The zero-order valence-corrected chi connectivity index (χ0v) is 49.5. The average molecular weight is 1040 g/mol. The lowest BCUT2D eigenvalue weighted by atomic mass is 10.0. The van der Waals surface area contributed by atoms with Gasteiger partial charge in [-0.05, 0) is 64.2 Å². The monoisotopic (exact) mass is 1040 g/mol. The van der Waals surface area contributed by atoms with Crippen molar-refractivity contribution in [1.82, 2.24) is 5.32 Å². The number of hydrogen-bond donors (Lipinski definition) is 2. The summed E-state index contributed by atoms with van der Waals surface area (Å²) in [6.45, 7) is 4.56. The number of unbranched alkanes of at least 4 members (excludes halogenated alkanes) is 33. The third-order valence-corrected chi connectivity index (χ3v) is 14.6. The van der Waals surface area contributed by atoms with Crippen LogP contribution >= 0.6 is 7.82 Å². The fourth-order valence-electron chi connectivity index (χ4n) is 8.89. The lowest BCUT2D eigenvalue weighted by Crippen LogP contribution is -2.45. The number of aliphatic hydroxyl groups excluding tert-OH is 1. The molecular weight excluding hydrogens is 924 g/mol. The molecule has 2 N–H and O–H groups in total. The van der Waals surface area contributed by atoms with Crippen LogP contribution < -0.4 is 10.2 Å². The van der Waals surface area contributed by atoms with Crippen LogP contribution in [0, 0.1) is 0 Å². The molecule has 0 saturated carbocycles. The maximum atomic E-state index is 13.0. The summed E-state index contributed by atoms with van der Waals surface area (Å²) in [4.78, 5) is 25.5. The Hall–Kier alpha value is -2.06. The van der Waals surface area contributed by atoms with Crippen LogP contribution in [0.3, 0.4) is 0 Å². The van der Waals surface area contributed by atoms with Crippen LogP contribution in [0.1, 0.15) is 277 Å². The average Bonchev–Trinajstić information content (AvgIpc) is 3.35. The molecule has 0 aliphatic heterocycles. The molecule has 1 amide bonds. The summed E-state index contributed by atoms with van der Waals surface area (Å²) in [5, 5.41) is 13.9. The van der Waals surface area contributed by atoms with E-state index in [2.05, 4.69) is 79.9 Å². The molecule has 426 valence electrons. The predicted octanol–water partition coefficient (Wildman–Crippen LogP) is 18.4. The molecule has 0 radical (unpaired) electrons. The number of carbonyl (C=O) groups is 1. The molecule has 73 heavy (non-hydrogen) atoms. The standard InChI is InChI=1S/C64H119N2O6P/c1-6-8-10-12-14-16-18-20-22-24-25-26-27-28-29-30-31-32-33-34-35-36-37-38-39-40-41-42-44-46-48-50-52-54-56-58-64(68)65-62(61-72-73(69,70)71-60-59-66(3,4)5)63(67)57-55-53-51-49-47-45-43-23-21-19-17-15-13-11-9-7-2/h8,10,14,16,20,22,25-26,28-29,55,57,62-63,67H,6-7,9,11-13,15,17-19,21,23-24,27,30-54,56,58-61H2,1-5H3,(H-,65,68,69,70)/b10-8-,16-14-,22-20-,26-25-,29-28-,57-55+. The van der Waals surface area contributed by atoms with E-state index in [1.807, 2.05) is 27.2 Å². The van der Waals surface area contributed by atoms with Crippen LogP contribution in [-0.4, -0.2) is 68.5 Å². The van der Waals surface area contributed by atoms with Crippen molar-refractivity contribution in [2.24, 2.45) is 0 Å². The maximum Gasteiger partial charge on any atom is 0.268 e. The number of quaternary nitrogens is 1. The van der Waals surface area contributed by atoms with Gasteiger partial charge in [0.25, 0.3) is 7.82 Å². The van der Waals surface area contributed by atoms with Crippen molar-refractivity contribution in [1.29, 1.82) is 0 Å². The zero-order valence-electron chi connectivity index (χ0n) is 48.6. The van der Waals surface area contributed by atoms with Crippen LogP contribution in [0.5, 0.6) is 0 Å². The summed E-state index contributed by atoms with van der Waals surface area (Å²) in [5.74, 6) is -0.195. The number of amides is 1. The molecule has 0 saturated heterocycles. The minimum Gasteiger partial charge on any atom is -0.756 e. The normalized spacial score (nSPS) is 14.3. The molecule has 0 heterocycles. The molecule has 0 aromatic heterocycles. The van der Waals surface area contributed by atoms with Crippen molar-refractivity contribution in [3.8, 4) is 0 Å². The van der Waals surface area contributed by atoms with Gasteiger partial charge in [0, 0.05) is 6.42 Å². The smallest absolute Gasteiger partial charge is 0.268 e. The van der Waals surface area contributed by atoms with Gasteiger partial charge in [0.05, 0.1) is 39.9 Å². The summed E-state index contributed by atoms with van der Waals surface area (Å²) < 4.78 is 23.4. The van der Waals surface area contributed by atoms with E-state index in [-0.39, 0.29) is 19.1 Å². The van der Waals surface area contributed by atoms with Crippen molar-refractivity contribution in [3.63, 3.8) is 0 Å².